The normalized spacial score (nSPS) is 14.0. The minimum Gasteiger partial charge on any atom is -0.459 e. The van der Waals surface area contributed by atoms with Crippen LogP contribution in [-0.2, 0) is 23.8 Å². The Balaban J connectivity index is 4.46. The zero-order chi connectivity index (χ0) is 15.8. The van der Waals surface area contributed by atoms with E-state index in [2.05, 4.69) is 13.2 Å². The first kappa shape index (κ1) is 18.4. The molecule has 114 valence electrons. The summed E-state index contributed by atoms with van der Waals surface area (Å²) in [6.45, 7) is 14.2. The molecule has 0 fully saturated rings. The first-order valence-electron chi connectivity index (χ1n) is 6.46. The van der Waals surface area contributed by atoms with Crippen LogP contribution in [0.25, 0.3) is 0 Å². The van der Waals surface area contributed by atoms with Crippen LogP contribution in [-0.4, -0.2) is 36.4 Å². The largest absolute Gasteiger partial charge is 0.459 e. The van der Waals surface area contributed by atoms with E-state index in [0.717, 1.165) is 12.2 Å². The number of ether oxygens (including phenoxy) is 3. The standard InChI is InChI=1S/C15H24O5/c1-7-12(16)18-10-14(4,5)19-11-15(6,9-3)20-13(17)8-2/h7-8H,1-2,9-11H2,3-6H3. The Labute approximate surface area is 120 Å². The minimum absolute atomic E-state index is 0.0903. The molecule has 5 nitrogen and oxygen atoms in total. The monoisotopic (exact) mass is 284 g/mol. The second-order valence-corrected chi connectivity index (χ2v) is 5.29. The summed E-state index contributed by atoms with van der Waals surface area (Å²) in [6, 6.07) is 0. The highest BCUT2D eigenvalue weighted by Gasteiger charge is 2.30. The molecule has 0 aromatic rings. The lowest BCUT2D eigenvalue weighted by Gasteiger charge is -2.32. The molecule has 1 unspecified atom stereocenters. The van der Waals surface area contributed by atoms with Crippen LogP contribution < -0.4 is 0 Å². The summed E-state index contributed by atoms with van der Waals surface area (Å²) < 4.78 is 15.9. The molecule has 20 heavy (non-hydrogen) atoms. The molecule has 0 N–H and O–H groups in total. The Bertz CT molecular complexity index is 372. The van der Waals surface area contributed by atoms with Gasteiger partial charge in [0.15, 0.2) is 0 Å². The summed E-state index contributed by atoms with van der Waals surface area (Å²) in [5, 5.41) is 0. The third kappa shape index (κ3) is 7.09. The second-order valence-electron chi connectivity index (χ2n) is 5.29. The summed E-state index contributed by atoms with van der Waals surface area (Å²) in [5.74, 6) is -0.994. The molecule has 0 radical (unpaired) electrons. The van der Waals surface area contributed by atoms with Gasteiger partial charge in [0.2, 0.25) is 0 Å². The van der Waals surface area contributed by atoms with Gasteiger partial charge in [-0.1, -0.05) is 20.1 Å². The van der Waals surface area contributed by atoms with Gasteiger partial charge >= 0.3 is 11.9 Å². The highest BCUT2D eigenvalue weighted by atomic mass is 16.6. The van der Waals surface area contributed by atoms with Crippen molar-refractivity contribution in [3.63, 3.8) is 0 Å². The van der Waals surface area contributed by atoms with Gasteiger partial charge in [-0.05, 0) is 27.2 Å². The summed E-state index contributed by atoms with van der Waals surface area (Å²) in [6.07, 6.45) is 2.80. The molecule has 0 aromatic heterocycles. The molecule has 0 aliphatic heterocycles. The topological polar surface area (TPSA) is 61.8 Å². The van der Waals surface area contributed by atoms with Crippen molar-refractivity contribution in [3.05, 3.63) is 25.3 Å². The van der Waals surface area contributed by atoms with Crippen LogP contribution in [0.1, 0.15) is 34.1 Å². The third-order valence-corrected chi connectivity index (χ3v) is 2.76. The van der Waals surface area contributed by atoms with E-state index in [-0.39, 0.29) is 13.2 Å². The van der Waals surface area contributed by atoms with Crippen LogP contribution in [0.5, 0.6) is 0 Å². The molecule has 0 amide bonds. The Morgan fingerprint density at radius 3 is 2.05 bits per heavy atom. The van der Waals surface area contributed by atoms with E-state index in [4.69, 9.17) is 14.2 Å². The van der Waals surface area contributed by atoms with Crippen molar-refractivity contribution in [1.82, 2.24) is 0 Å². The fraction of sp³-hybridized carbons (Fsp3) is 0.600. The van der Waals surface area contributed by atoms with Crippen LogP contribution >= 0.6 is 0 Å². The molecule has 0 rings (SSSR count). The Morgan fingerprint density at radius 2 is 1.60 bits per heavy atom. The molecule has 0 aliphatic rings. The van der Waals surface area contributed by atoms with Gasteiger partial charge in [-0.15, -0.1) is 0 Å². The maximum atomic E-state index is 11.3. The van der Waals surface area contributed by atoms with Gasteiger partial charge in [-0.3, -0.25) is 0 Å². The summed E-state index contributed by atoms with van der Waals surface area (Å²) in [5.41, 5.74) is -1.43. The molecule has 0 saturated heterocycles. The Hall–Kier alpha value is -1.62. The van der Waals surface area contributed by atoms with Gasteiger partial charge in [0.1, 0.15) is 12.2 Å². The molecule has 0 heterocycles. The average molecular weight is 284 g/mol. The number of hydrogen-bond donors (Lipinski definition) is 0. The van der Waals surface area contributed by atoms with Crippen LogP contribution in [0.15, 0.2) is 25.3 Å². The van der Waals surface area contributed by atoms with Crippen molar-refractivity contribution in [2.24, 2.45) is 0 Å². The quantitative estimate of drug-likeness (QED) is 0.480. The van der Waals surface area contributed by atoms with Crippen LogP contribution in [0, 0.1) is 0 Å². The first-order chi connectivity index (χ1) is 9.18. The summed E-state index contributed by atoms with van der Waals surface area (Å²) in [7, 11) is 0. The SMILES string of the molecule is C=CC(=O)OCC(C)(C)OCC(C)(CC)OC(=O)C=C. The van der Waals surface area contributed by atoms with Gasteiger partial charge < -0.3 is 14.2 Å². The van der Waals surface area contributed by atoms with Crippen molar-refractivity contribution in [2.45, 2.75) is 45.3 Å². The second kappa shape index (κ2) is 7.85. The molecule has 0 bridgehead atoms. The van der Waals surface area contributed by atoms with Gasteiger partial charge in [0.05, 0.1) is 12.2 Å². The summed E-state index contributed by atoms with van der Waals surface area (Å²) in [4.78, 5) is 22.3. The zero-order valence-electron chi connectivity index (χ0n) is 12.7. The van der Waals surface area contributed by atoms with Gasteiger partial charge in [-0.2, -0.15) is 0 Å². The molecular weight excluding hydrogens is 260 g/mol. The maximum absolute atomic E-state index is 11.3. The van der Waals surface area contributed by atoms with E-state index in [1.165, 1.54) is 0 Å². The van der Waals surface area contributed by atoms with Crippen LogP contribution in [0.4, 0.5) is 0 Å². The lowest BCUT2D eigenvalue weighted by Crippen LogP contribution is -2.41. The fourth-order valence-electron chi connectivity index (χ4n) is 1.18. The van der Waals surface area contributed by atoms with E-state index in [1.807, 2.05) is 6.92 Å². The fourth-order valence-corrected chi connectivity index (χ4v) is 1.18. The van der Waals surface area contributed by atoms with E-state index in [1.54, 1.807) is 20.8 Å². The molecule has 0 spiro atoms. The van der Waals surface area contributed by atoms with Crippen molar-refractivity contribution in [3.8, 4) is 0 Å². The van der Waals surface area contributed by atoms with E-state index >= 15 is 0 Å². The number of hydrogen-bond acceptors (Lipinski definition) is 5. The minimum atomic E-state index is -0.745. The Morgan fingerprint density at radius 1 is 1.05 bits per heavy atom. The number of esters is 2. The Kier molecular flexibility index (Phi) is 7.21. The van der Waals surface area contributed by atoms with Crippen LogP contribution in [0.3, 0.4) is 0 Å². The van der Waals surface area contributed by atoms with Gasteiger partial charge in [0, 0.05) is 12.2 Å². The smallest absolute Gasteiger partial charge is 0.330 e. The van der Waals surface area contributed by atoms with Crippen LogP contribution in [0.2, 0.25) is 0 Å². The van der Waals surface area contributed by atoms with Crippen molar-refractivity contribution < 1.29 is 23.8 Å². The zero-order valence-corrected chi connectivity index (χ0v) is 12.7. The first-order valence-corrected chi connectivity index (χ1v) is 6.46. The third-order valence-electron chi connectivity index (χ3n) is 2.76. The lowest BCUT2D eigenvalue weighted by atomic mass is 10.0. The summed E-state index contributed by atoms with van der Waals surface area (Å²) >= 11 is 0. The molecule has 0 aromatic carbocycles. The average Bonchev–Trinajstić information content (AvgIpc) is 2.42. The van der Waals surface area contributed by atoms with E-state index in [9.17, 15) is 9.59 Å². The van der Waals surface area contributed by atoms with Gasteiger partial charge in [0.25, 0.3) is 0 Å². The van der Waals surface area contributed by atoms with E-state index in [0.29, 0.717) is 6.42 Å². The predicted octanol–water partition coefficient (Wildman–Crippen LogP) is 2.41. The number of carbonyl (C=O) groups excluding carboxylic acids is 2. The lowest BCUT2D eigenvalue weighted by molar-refractivity contribution is -0.172. The highest BCUT2D eigenvalue weighted by Crippen LogP contribution is 2.20. The predicted molar refractivity (Wildman–Crippen MR) is 76.2 cm³/mol. The number of rotatable bonds is 9. The molecular formula is C15H24O5. The van der Waals surface area contributed by atoms with Crippen molar-refractivity contribution in [1.29, 1.82) is 0 Å². The van der Waals surface area contributed by atoms with E-state index < -0.39 is 23.1 Å². The molecule has 0 aliphatic carbocycles. The highest BCUT2D eigenvalue weighted by molar-refractivity contribution is 5.81. The van der Waals surface area contributed by atoms with Gasteiger partial charge in [-0.25, -0.2) is 9.59 Å². The number of carbonyl (C=O) groups is 2. The molecule has 1 atom stereocenters. The van der Waals surface area contributed by atoms with Crippen molar-refractivity contribution in [2.75, 3.05) is 13.2 Å². The maximum Gasteiger partial charge on any atom is 0.330 e. The molecule has 0 saturated carbocycles. The van der Waals surface area contributed by atoms with Crippen molar-refractivity contribution >= 4 is 11.9 Å². The molecule has 5 heteroatoms.